The Morgan fingerprint density at radius 1 is 0.519 bits per heavy atom. The molecule has 6 N–H and O–H groups in total. The van der Waals surface area contributed by atoms with Gasteiger partial charge in [0.1, 0.15) is 11.5 Å². The van der Waals surface area contributed by atoms with Crippen molar-refractivity contribution in [1.82, 2.24) is 0 Å². The molecule has 20 heteroatoms. The van der Waals surface area contributed by atoms with Gasteiger partial charge in [0.05, 0.1) is 38.6 Å². The zero-order chi connectivity index (χ0) is 57.4. The van der Waals surface area contributed by atoms with Crippen LogP contribution >= 0.6 is 0 Å². The number of hydrogen-bond donors (Lipinski definition) is 4. The van der Waals surface area contributed by atoms with Crippen molar-refractivity contribution in [2.75, 3.05) is 38.9 Å². The lowest BCUT2D eigenvalue weighted by Crippen LogP contribution is -2.57. The van der Waals surface area contributed by atoms with E-state index >= 15 is 0 Å². The van der Waals surface area contributed by atoms with E-state index in [-0.39, 0.29) is 84.5 Å². The van der Waals surface area contributed by atoms with Crippen LogP contribution in [-0.4, -0.2) is 79.3 Å². The summed E-state index contributed by atoms with van der Waals surface area (Å²) in [6.07, 6.45) is -7.30. The van der Waals surface area contributed by atoms with E-state index in [4.69, 9.17) is 39.9 Å². The molecule has 0 aromatic heterocycles. The predicted octanol–water partition coefficient (Wildman–Crippen LogP) is 11.2. The summed E-state index contributed by atoms with van der Waals surface area (Å²) in [5.41, 5.74) is 12.9. The summed E-state index contributed by atoms with van der Waals surface area (Å²) in [4.78, 5) is 54.5. The first-order valence-electron chi connectivity index (χ1n) is 24.4. The van der Waals surface area contributed by atoms with Gasteiger partial charge < -0.3 is 50.1 Å². The van der Waals surface area contributed by atoms with Gasteiger partial charge in [-0.25, -0.2) is 9.59 Å². The largest absolute Gasteiger partial charge is 0.493 e. The van der Waals surface area contributed by atoms with E-state index in [0.29, 0.717) is 33.6 Å². The quantitative estimate of drug-likeness (QED) is 0.00756. The Morgan fingerprint density at radius 2 is 0.911 bits per heavy atom. The summed E-state index contributed by atoms with van der Waals surface area (Å²) in [6, 6.07) is 33.0. The van der Waals surface area contributed by atoms with Gasteiger partial charge in [-0.05, 0) is 145 Å². The van der Waals surface area contributed by atoms with Crippen molar-refractivity contribution in [1.29, 1.82) is 0 Å². The van der Waals surface area contributed by atoms with Gasteiger partial charge in [0.15, 0.2) is 28.8 Å². The minimum absolute atomic E-state index is 0.0467. The van der Waals surface area contributed by atoms with Gasteiger partial charge in [-0.1, -0.05) is 60.7 Å². The molecule has 0 aliphatic heterocycles. The van der Waals surface area contributed by atoms with Crippen molar-refractivity contribution in [2.24, 2.45) is 5.41 Å². The number of benzene rings is 6. The van der Waals surface area contributed by atoms with E-state index in [1.54, 1.807) is 60.7 Å². The summed E-state index contributed by atoms with van der Waals surface area (Å²) >= 11 is 0. The molecule has 0 saturated heterocycles. The third kappa shape index (κ3) is 17.7. The molecule has 0 fully saturated rings. The molecule has 14 nitrogen and oxygen atoms in total. The van der Waals surface area contributed by atoms with Crippen LogP contribution in [0.1, 0.15) is 75.1 Å². The third-order valence-corrected chi connectivity index (χ3v) is 12.2. The topological polar surface area (TPSA) is 216 Å². The molecule has 0 aliphatic carbocycles. The lowest BCUT2D eigenvalue weighted by molar-refractivity contribution is -0.230. The fourth-order valence-electron chi connectivity index (χ4n) is 8.10. The minimum atomic E-state index is -4.33. The molecule has 0 unspecified atom stereocenters. The van der Waals surface area contributed by atoms with E-state index in [0.717, 1.165) is 6.08 Å². The van der Waals surface area contributed by atoms with Crippen LogP contribution < -0.4 is 39.9 Å². The Kier molecular flexibility index (Phi) is 20.1. The molecule has 0 aliphatic rings. The number of esters is 2. The van der Waals surface area contributed by atoms with Crippen molar-refractivity contribution in [3.8, 4) is 34.5 Å². The second-order valence-corrected chi connectivity index (χ2v) is 18.2. The van der Waals surface area contributed by atoms with Crippen molar-refractivity contribution >= 4 is 47.0 Å². The average molecular weight is 1100 g/mol. The summed E-state index contributed by atoms with van der Waals surface area (Å²) in [6.45, 7) is -0.463. The lowest BCUT2D eigenvalue weighted by Gasteiger charge is -2.42. The highest BCUT2D eigenvalue weighted by Crippen LogP contribution is 2.43. The number of alkyl halides is 6. The molecule has 0 saturated carbocycles. The van der Waals surface area contributed by atoms with Crippen LogP contribution in [0.4, 0.5) is 37.7 Å². The van der Waals surface area contributed by atoms with Crippen molar-refractivity contribution in [3.05, 3.63) is 179 Å². The number of halogens is 6. The van der Waals surface area contributed by atoms with Crippen LogP contribution in [0.5, 0.6) is 34.5 Å². The lowest BCUT2D eigenvalue weighted by atomic mass is 9.65. The molecule has 0 bridgehead atoms. The number of ether oxygens (including phenoxy) is 6. The monoisotopic (exact) mass is 1100 g/mol. The smallest absolute Gasteiger partial charge is 0.389 e. The number of ketones is 2. The molecule has 0 atom stereocenters. The number of rotatable bonds is 26. The van der Waals surface area contributed by atoms with Gasteiger partial charge in [-0.15, -0.1) is 0 Å². The molecule has 6 aromatic rings. The molecule has 0 amide bonds. The van der Waals surface area contributed by atoms with E-state index in [1.807, 2.05) is 0 Å². The zero-order valence-corrected chi connectivity index (χ0v) is 42.8. The van der Waals surface area contributed by atoms with Gasteiger partial charge in [-0.2, -0.15) is 26.3 Å². The van der Waals surface area contributed by atoms with Crippen LogP contribution in [0.3, 0.4) is 0 Å². The van der Waals surface area contributed by atoms with Crippen molar-refractivity contribution < 1.29 is 84.2 Å². The maximum absolute atomic E-state index is 14.2. The standard InChI is InChI=1S/C59H56F6N2O12/c1-74-51-33-42(15-26-49(51)76-31-3-29-57(60,61)62)54(70)78-47-22-10-38(11-23-47)9-21-46(68)37-56(35-40-5-17-44(66)18-6-40,36-41-7-19-45(67)20-8-41)59(72,73)53(69)28-14-39-12-24-48(25-13-39)79-55(71)43-16-27-50(52(34-43)75-2)77-32-4-30-58(63,64)65/h5-28,33-34,72-73H,3-4,29-32,35-37,66-67H2,1-2H3. The van der Waals surface area contributed by atoms with Crippen LogP contribution in [0.25, 0.3) is 12.2 Å². The summed E-state index contributed by atoms with van der Waals surface area (Å²) in [5, 5.41) is 24.5. The van der Waals surface area contributed by atoms with E-state index in [9.17, 15) is 55.7 Å². The number of carbonyl (C=O) groups is 4. The SMILES string of the molecule is COc1cc(C(=O)Oc2ccc(C=CC(=O)CC(Cc3ccc(N)cc3)(Cc3ccc(N)cc3)C(O)(O)C(=O)C=Cc3ccc(OC(=O)c4ccc(OCCCC(F)(F)F)c(OC)c4)cc3)cc2)ccc1OCCCC(F)(F)F. The Balaban J connectivity index is 1.17. The number of hydrogen-bond acceptors (Lipinski definition) is 14. The number of anilines is 2. The van der Waals surface area contributed by atoms with Gasteiger partial charge in [0.2, 0.25) is 11.6 Å². The van der Waals surface area contributed by atoms with Gasteiger partial charge in [0, 0.05) is 36.1 Å². The first-order chi connectivity index (χ1) is 37.4. The number of nitrogen functional groups attached to an aromatic ring is 2. The summed E-state index contributed by atoms with van der Waals surface area (Å²) in [7, 11) is 2.61. The Hall–Kier alpha value is -8.62. The molecule has 0 heterocycles. The second kappa shape index (κ2) is 26.6. The molecule has 0 spiro atoms. The maximum atomic E-state index is 14.2. The molecular formula is C59H56F6N2O12. The zero-order valence-electron chi connectivity index (χ0n) is 42.8. The number of methoxy groups -OCH3 is 2. The fourth-order valence-corrected chi connectivity index (χ4v) is 8.10. The van der Waals surface area contributed by atoms with Crippen molar-refractivity contribution in [2.45, 2.75) is 63.1 Å². The van der Waals surface area contributed by atoms with Crippen LogP contribution in [0, 0.1) is 5.41 Å². The molecule has 6 rings (SSSR count). The van der Waals surface area contributed by atoms with E-state index in [1.165, 1.54) is 105 Å². The summed E-state index contributed by atoms with van der Waals surface area (Å²) in [5.74, 6) is -5.86. The highest BCUT2D eigenvalue weighted by molar-refractivity contribution is 6.01. The number of aliphatic hydroxyl groups is 2. The first kappa shape index (κ1) is 59.6. The minimum Gasteiger partial charge on any atom is -0.493 e. The molecule has 79 heavy (non-hydrogen) atoms. The second-order valence-electron chi connectivity index (χ2n) is 18.2. The van der Waals surface area contributed by atoms with Crippen molar-refractivity contribution in [3.63, 3.8) is 0 Å². The number of nitrogens with two attached hydrogens (primary N) is 2. The fraction of sp³-hybridized carbons (Fsp3) is 0.254. The number of carbonyl (C=O) groups excluding carboxylic acids is 4. The third-order valence-electron chi connectivity index (χ3n) is 12.2. The van der Waals surface area contributed by atoms with Gasteiger partial charge >= 0.3 is 24.3 Å². The Morgan fingerprint density at radius 3 is 1.29 bits per heavy atom. The van der Waals surface area contributed by atoms with Crippen LogP contribution in [0.2, 0.25) is 0 Å². The Bertz CT molecular complexity index is 3060. The molecule has 0 radical (unpaired) electrons. The highest BCUT2D eigenvalue weighted by Gasteiger charge is 2.54. The first-order valence-corrected chi connectivity index (χ1v) is 24.4. The average Bonchev–Trinajstić information content (AvgIpc) is 3.44. The molecular weight excluding hydrogens is 1040 g/mol. The van der Waals surface area contributed by atoms with Crippen LogP contribution in [0.15, 0.2) is 146 Å². The van der Waals surface area contributed by atoms with E-state index < -0.39 is 66.3 Å². The molecule has 416 valence electrons. The number of allylic oxidation sites excluding steroid dienone is 1. The van der Waals surface area contributed by atoms with Gasteiger partial charge in [-0.3, -0.25) is 9.59 Å². The van der Waals surface area contributed by atoms with Gasteiger partial charge in [0.25, 0.3) is 0 Å². The van der Waals surface area contributed by atoms with E-state index in [2.05, 4.69) is 0 Å². The normalized spacial score (nSPS) is 12.1. The summed E-state index contributed by atoms with van der Waals surface area (Å²) < 4.78 is 108. The highest BCUT2D eigenvalue weighted by atomic mass is 19.4. The maximum Gasteiger partial charge on any atom is 0.389 e. The molecule has 6 aromatic carbocycles. The van der Waals surface area contributed by atoms with Crippen LogP contribution in [-0.2, 0) is 22.4 Å². The predicted molar refractivity (Wildman–Crippen MR) is 282 cm³/mol. The Labute approximate surface area is 450 Å².